The van der Waals surface area contributed by atoms with Gasteiger partial charge in [0.05, 0.1) is 12.7 Å². The predicted octanol–water partition coefficient (Wildman–Crippen LogP) is 9.10. The number of nitrogens with one attached hydrogen (secondary N) is 1. The molecule has 0 aliphatic rings. The Morgan fingerprint density at radius 2 is 1.65 bits per heavy atom. The molecule has 256 valence electrons. The first-order valence-electron chi connectivity index (χ1n) is 15.4. The van der Waals surface area contributed by atoms with Crippen LogP contribution in [0.2, 0.25) is 0 Å². The molecular weight excluding hydrogens is 607 g/mol. The van der Waals surface area contributed by atoms with Crippen LogP contribution in [0.25, 0.3) is 5.57 Å². The molecule has 5 nitrogen and oxygen atoms in total. The lowest BCUT2D eigenvalue weighted by atomic mass is 9.78. The lowest BCUT2D eigenvalue weighted by Crippen LogP contribution is -2.25. The van der Waals surface area contributed by atoms with Crippen molar-refractivity contribution in [2.24, 2.45) is 5.92 Å². The zero-order chi connectivity index (χ0) is 35.8. The smallest absolute Gasteiger partial charge is 0.348 e. The highest BCUT2D eigenvalue weighted by Gasteiger charge is 2.24. The largest absolute Gasteiger partial charge is 0.386 e. The van der Waals surface area contributed by atoms with E-state index in [2.05, 4.69) is 95.3 Å². The number of hydrogen-bond donors (Lipinski definition) is 1. The topological polar surface area (TPSA) is 64.0 Å². The van der Waals surface area contributed by atoms with Crippen molar-refractivity contribution in [3.63, 3.8) is 0 Å². The van der Waals surface area contributed by atoms with Crippen LogP contribution in [0.5, 0.6) is 0 Å². The summed E-state index contributed by atoms with van der Waals surface area (Å²) in [5.41, 5.74) is 8.86. The Morgan fingerprint density at radius 1 is 1.11 bits per heavy atom. The molecule has 1 N–H and O–H groups in total. The Kier molecular flexibility index (Phi) is 18.3. The summed E-state index contributed by atoms with van der Waals surface area (Å²) in [6.07, 6.45) is 6.56. The van der Waals surface area contributed by atoms with Crippen molar-refractivity contribution in [1.82, 2.24) is 15.1 Å². The molecule has 9 heteroatoms. The van der Waals surface area contributed by atoms with E-state index in [-0.39, 0.29) is 24.7 Å². The van der Waals surface area contributed by atoms with E-state index in [0.29, 0.717) is 18.8 Å². The van der Waals surface area contributed by atoms with E-state index >= 15 is 0 Å². The van der Waals surface area contributed by atoms with Gasteiger partial charge in [-0.2, -0.15) is 18.3 Å². The molecule has 2 rings (SSSR count). The summed E-state index contributed by atoms with van der Waals surface area (Å²) in [6, 6.07) is 8.72. The minimum Gasteiger partial charge on any atom is -0.348 e. The molecule has 2 aromatic rings. The van der Waals surface area contributed by atoms with Gasteiger partial charge in [-0.25, -0.2) is 0 Å². The van der Waals surface area contributed by atoms with Gasteiger partial charge in [0.2, 0.25) is 5.91 Å². The fraction of sp³-hybridized carbons (Fsp3) is 0.432. The van der Waals surface area contributed by atoms with Crippen LogP contribution in [0.1, 0.15) is 78.0 Å². The quantitative estimate of drug-likeness (QED) is 0.132. The van der Waals surface area contributed by atoms with Crippen molar-refractivity contribution in [2.75, 3.05) is 18.6 Å². The zero-order valence-corrected chi connectivity index (χ0v) is 30.2. The summed E-state index contributed by atoms with van der Waals surface area (Å²) in [5.74, 6) is 4.47. The van der Waals surface area contributed by atoms with Crippen LogP contribution in [0.15, 0.2) is 90.3 Å². The third-order valence-electron chi connectivity index (χ3n) is 7.21. The molecule has 1 aromatic carbocycles. The molecular formula is C37H54F3N3O2S. The van der Waals surface area contributed by atoms with E-state index in [1.54, 1.807) is 12.3 Å². The highest BCUT2D eigenvalue weighted by molar-refractivity contribution is 7.99. The van der Waals surface area contributed by atoms with Crippen LogP contribution >= 0.6 is 0 Å². The fourth-order valence-corrected chi connectivity index (χ4v) is 5.06. The number of alkyl halides is 3. The predicted molar refractivity (Wildman–Crippen MR) is 193 cm³/mol. The first-order chi connectivity index (χ1) is 21.3. The van der Waals surface area contributed by atoms with Crippen molar-refractivity contribution >= 4 is 26.9 Å². The zero-order valence-electron chi connectivity index (χ0n) is 29.3. The number of allylic oxidation sites excluding steroid dienone is 5. The van der Waals surface area contributed by atoms with Crippen molar-refractivity contribution in [3.8, 4) is 0 Å². The molecule has 3 unspecified atom stereocenters. The van der Waals surface area contributed by atoms with Crippen molar-refractivity contribution in [1.29, 1.82) is 0 Å². The molecule has 0 saturated carbocycles. The SMILES string of the molecule is C=C/C=C(\C(C(CNC(=O)C=C)=C(C)C)=C(/C)C(C)C(C)c1ccc(C)cc1)c1cnn(CCS(=C)(C)=O)c1.CC.CC(F)(F)F. The average Bonchev–Trinajstić information content (AvgIpc) is 3.45. The fourth-order valence-electron chi connectivity index (χ4n) is 4.49. The van der Waals surface area contributed by atoms with E-state index in [4.69, 9.17) is 0 Å². The summed E-state index contributed by atoms with van der Waals surface area (Å²) >= 11 is 0. The second-order valence-corrected chi connectivity index (χ2v) is 14.2. The lowest BCUT2D eigenvalue weighted by Gasteiger charge is -2.27. The molecule has 1 heterocycles. The van der Waals surface area contributed by atoms with E-state index in [9.17, 15) is 22.2 Å². The van der Waals surface area contributed by atoms with Crippen LogP contribution in [-0.2, 0) is 20.9 Å². The third kappa shape index (κ3) is 15.6. The molecule has 0 fully saturated rings. The second kappa shape index (κ2) is 19.8. The molecule has 0 aliphatic carbocycles. The van der Waals surface area contributed by atoms with E-state index in [0.717, 1.165) is 27.9 Å². The number of aromatic nitrogens is 2. The monoisotopic (exact) mass is 661 g/mol. The van der Waals surface area contributed by atoms with Gasteiger partial charge in [-0.05, 0) is 83.3 Å². The molecule has 0 saturated heterocycles. The summed E-state index contributed by atoms with van der Waals surface area (Å²) in [5, 5.41) is 7.54. The van der Waals surface area contributed by atoms with E-state index in [1.807, 2.05) is 37.0 Å². The van der Waals surface area contributed by atoms with Gasteiger partial charge in [0, 0.05) is 37.2 Å². The van der Waals surface area contributed by atoms with Gasteiger partial charge in [-0.3, -0.25) is 13.7 Å². The van der Waals surface area contributed by atoms with Gasteiger partial charge in [-0.1, -0.05) is 94.0 Å². The molecule has 0 bridgehead atoms. The Hall–Kier alpha value is -3.59. The Labute approximate surface area is 276 Å². The highest BCUT2D eigenvalue weighted by Crippen LogP contribution is 2.39. The summed E-state index contributed by atoms with van der Waals surface area (Å²) in [6.45, 7) is 25.6. The van der Waals surface area contributed by atoms with Crippen molar-refractivity contribution in [2.45, 2.75) is 81.0 Å². The van der Waals surface area contributed by atoms with E-state index in [1.165, 1.54) is 22.8 Å². The van der Waals surface area contributed by atoms with Gasteiger partial charge in [0.25, 0.3) is 0 Å². The van der Waals surface area contributed by atoms with Crippen molar-refractivity contribution < 1.29 is 22.2 Å². The number of carbonyl (C=O) groups excluding carboxylic acids is 1. The molecule has 3 atom stereocenters. The maximum Gasteiger partial charge on any atom is 0.386 e. The number of hydrogen-bond acceptors (Lipinski definition) is 3. The number of amides is 1. The van der Waals surface area contributed by atoms with Crippen LogP contribution in [0, 0.1) is 12.8 Å². The molecule has 0 spiro atoms. The van der Waals surface area contributed by atoms with Crippen molar-refractivity contribution in [3.05, 3.63) is 107 Å². The number of benzene rings is 1. The number of aryl methyl sites for hydroxylation is 2. The minimum absolute atomic E-state index is 0.188. The number of nitrogens with zero attached hydrogens (tertiary/aromatic N) is 2. The van der Waals surface area contributed by atoms with Crippen LogP contribution in [0.4, 0.5) is 13.2 Å². The Morgan fingerprint density at radius 3 is 2.11 bits per heavy atom. The number of carbonyl (C=O) groups is 1. The molecule has 0 aliphatic heterocycles. The van der Waals surface area contributed by atoms with Gasteiger partial charge in [0.1, 0.15) is 0 Å². The highest BCUT2D eigenvalue weighted by atomic mass is 32.2. The number of halogens is 3. The normalized spacial score (nSPS) is 14.5. The minimum atomic E-state index is -4.00. The first-order valence-corrected chi connectivity index (χ1v) is 17.7. The standard InChI is InChI=1S/C33H45N3O2S.C2H3F3.C2H6/c1-11-13-30(29-20-35-36(22-29)18-19-39(9,10)38)33(31(23(3)4)21-34-32(37)12-2)27(8)25(6)26(7)28-16-14-24(5)15-17-28;1-2(3,4)5;1-2/h11-17,20,22,25-26H,1-2,9,18-19,21H2,3-8,10H3,(H,34,37);1H3;1-2H3/b30-13-,33-27-;;. The molecule has 1 amide bonds. The van der Waals surface area contributed by atoms with Gasteiger partial charge in [-0.15, -0.1) is 0 Å². The maximum atomic E-state index is 12.2. The number of rotatable bonds is 13. The van der Waals surface area contributed by atoms with Gasteiger partial charge < -0.3 is 5.32 Å². The summed E-state index contributed by atoms with van der Waals surface area (Å²) in [4.78, 5) is 12.2. The molecule has 0 radical (unpaired) electrons. The van der Waals surface area contributed by atoms with Gasteiger partial charge in [0.15, 0.2) is 0 Å². The average molecular weight is 662 g/mol. The lowest BCUT2D eigenvalue weighted by molar-refractivity contribution is -0.116. The van der Waals surface area contributed by atoms with Gasteiger partial charge >= 0.3 is 6.18 Å². The summed E-state index contributed by atoms with van der Waals surface area (Å²) in [7, 11) is -2.12. The Bertz CT molecular complexity index is 1480. The third-order valence-corrected chi connectivity index (χ3v) is 8.26. The summed E-state index contributed by atoms with van der Waals surface area (Å²) < 4.78 is 45.0. The second-order valence-electron chi connectivity index (χ2n) is 11.4. The van der Waals surface area contributed by atoms with Crippen LogP contribution in [0.3, 0.4) is 0 Å². The maximum absolute atomic E-state index is 12.2. The van der Waals surface area contributed by atoms with E-state index < -0.39 is 15.7 Å². The first kappa shape index (κ1) is 42.4. The molecule has 46 heavy (non-hydrogen) atoms. The Balaban J connectivity index is 0.00000263. The molecule has 1 aromatic heterocycles. The van der Waals surface area contributed by atoms with Crippen LogP contribution < -0.4 is 5.32 Å². The van der Waals surface area contributed by atoms with Crippen LogP contribution in [-0.4, -0.2) is 50.5 Å².